The molecule has 1 aromatic carbocycles. The van der Waals surface area contributed by atoms with Gasteiger partial charge in [-0.3, -0.25) is 4.79 Å². The van der Waals surface area contributed by atoms with Gasteiger partial charge in [-0.15, -0.1) is 0 Å². The van der Waals surface area contributed by atoms with E-state index in [2.05, 4.69) is 9.98 Å². The molecule has 1 aromatic heterocycles. The summed E-state index contributed by atoms with van der Waals surface area (Å²) < 4.78 is 31.7. The summed E-state index contributed by atoms with van der Waals surface area (Å²) in [6.07, 6.45) is 3.82. The van der Waals surface area contributed by atoms with Crippen LogP contribution < -0.4 is 10.5 Å². The predicted molar refractivity (Wildman–Crippen MR) is 115 cm³/mol. The van der Waals surface area contributed by atoms with Crippen molar-refractivity contribution in [2.45, 2.75) is 37.8 Å². The van der Waals surface area contributed by atoms with Crippen molar-refractivity contribution < 1.29 is 23.4 Å². The highest BCUT2D eigenvalue weighted by Crippen LogP contribution is 2.43. The van der Waals surface area contributed by atoms with Gasteiger partial charge in [-0.1, -0.05) is 6.07 Å². The van der Waals surface area contributed by atoms with E-state index in [1.165, 1.54) is 18.9 Å². The molecule has 168 valence electrons. The fourth-order valence-electron chi connectivity index (χ4n) is 4.40. The fourth-order valence-corrected chi connectivity index (χ4v) is 4.40. The van der Waals surface area contributed by atoms with Crippen LogP contribution in [-0.2, 0) is 21.4 Å². The Balaban J connectivity index is 1.34. The lowest BCUT2D eigenvalue weighted by Gasteiger charge is -2.38. The van der Waals surface area contributed by atoms with E-state index in [9.17, 15) is 9.18 Å². The minimum Gasteiger partial charge on any atom is -0.492 e. The van der Waals surface area contributed by atoms with E-state index >= 15 is 0 Å². The molecular weight excluding hydrogens is 413 g/mol. The summed E-state index contributed by atoms with van der Waals surface area (Å²) in [5.74, 6) is 0.586. The molecule has 2 aromatic rings. The summed E-state index contributed by atoms with van der Waals surface area (Å²) in [7, 11) is 0. The molecule has 0 radical (unpaired) electrons. The number of fused-ring (bicyclic) bond motifs is 1. The molecule has 8 heteroatoms. The number of aliphatic imine (C=N–C) groups is 1. The van der Waals surface area contributed by atoms with Gasteiger partial charge < -0.3 is 19.9 Å². The number of carbonyl (C=O) groups is 1. The number of Topliss-reactive ketones (excluding diaryl/α,β-unsaturated/α-hetero) is 1. The van der Waals surface area contributed by atoms with Crippen molar-refractivity contribution in [1.82, 2.24) is 4.98 Å². The van der Waals surface area contributed by atoms with E-state index in [1.807, 2.05) is 6.92 Å². The molecule has 3 atom stereocenters. The molecule has 1 aliphatic carbocycles. The predicted octanol–water partition coefficient (Wildman–Crippen LogP) is 3.01. The van der Waals surface area contributed by atoms with Crippen molar-refractivity contribution in [3.05, 3.63) is 59.2 Å². The highest BCUT2D eigenvalue weighted by Gasteiger charge is 2.50. The van der Waals surface area contributed by atoms with Crippen LogP contribution in [0.25, 0.3) is 0 Å². The Morgan fingerprint density at radius 2 is 2.12 bits per heavy atom. The number of pyridine rings is 1. The zero-order chi connectivity index (χ0) is 22.3. The molecule has 0 bridgehead atoms. The maximum absolute atomic E-state index is 14.9. The van der Waals surface area contributed by atoms with Gasteiger partial charge in [0.25, 0.3) is 6.02 Å². The lowest BCUT2D eigenvalue weighted by Crippen LogP contribution is -2.47. The van der Waals surface area contributed by atoms with E-state index in [0.29, 0.717) is 48.3 Å². The van der Waals surface area contributed by atoms with Gasteiger partial charge in [-0.05, 0) is 55.5 Å². The smallest absolute Gasteiger partial charge is 0.283 e. The number of ether oxygens (including phenoxy) is 3. The lowest BCUT2D eigenvalue weighted by molar-refractivity contribution is 0.0816. The van der Waals surface area contributed by atoms with Gasteiger partial charge >= 0.3 is 0 Å². The van der Waals surface area contributed by atoms with Crippen LogP contribution in [0.5, 0.6) is 5.75 Å². The molecule has 3 heterocycles. The number of nitrogens with two attached hydrogens (primary N) is 1. The number of nitrogens with zero attached hydrogens (tertiary/aromatic N) is 2. The van der Waals surface area contributed by atoms with Crippen LogP contribution >= 0.6 is 0 Å². The standard InChI is InChI=1S/C24H26FN3O4/c1-24(18-12-30-13-22(18)32-23(26)28-24)17-8-15(4-6-19(17)25)9-21(29)20-7-5-16(10-27-20)31-11-14-2-3-14/h4-8,10,14,18,22H,2-3,9,11-13H2,1H3,(H2,26,28)/t18-,22+,24+/m0/s1. The first kappa shape index (κ1) is 20.9. The SMILES string of the molecule is C[C@]1(c2cc(CC(=O)c3ccc(OCC4CC4)cn3)ccc2F)N=C(N)O[C@@H]2COC[C@@H]21. The Labute approximate surface area is 185 Å². The number of ketones is 1. The lowest BCUT2D eigenvalue weighted by atomic mass is 9.77. The monoisotopic (exact) mass is 439 g/mol. The molecular formula is C24H26FN3O4. The fraction of sp³-hybridized carbons (Fsp3) is 0.458. The van der Waals surface area contributed by atoms with Gasteiger partial charge in [0.2, 0.25) is 0 Å². The minimum absolute atomic E-state index is 0.0216. The van der Waals surface area contributed by atoms with Gasteiger partial charge in [0.15, 0.2) is 5.78 Å². The normalized spacial score (nSPS) is 26.8. The first-order valence-corrected chi connectivity index (χ1v) is 10.9. The van der Waals surface area contributed by atoms with Crippen LogP contribution in [0.4, 0.5) is 4.39 Å². The van der Waals surface area contributed by atoms with Crippen LogP contribution in [0.1, 0.15) is 41.4 Å². The molecule has 0 unspecified atom stereocenters. The molecule has 7 nitrogen and oxygen atoms in total. The molecule has 0 spiro atoms. The van der Waals surface area contributed by atoms with Gasteiger partial charge in [0, 0.05) is 12.0 Å². The second-order valence-corrected chi connectivity index (χ2v) is 8.95. The molecule has 0 amide bonds. The molecule has 5 rings (SSSR count). The Morgan fingerprint density at radius 3 is 2.88 bits per heavy atom. The number of hydrogen-bond acceptors (Lipinski definition) is 7. The molecule has 32 heavy (non-hydrogen) atoms. The summed E-state index contributed by atoms with van der Waals surface area (Å²) in [5.41, 5.74) is 6.35. The van der Waals surface area contributed by atoms with E-state index in [4.69, 9.17) is 19.9 Å². The highest BCUT2D eigenvalue weighted by molar-refractivity contribution is 5.95. The number of carbonyl (C=O) groups excluding carboxylic acids is 1. The summed E-state index contributed by atoms with van der Waals surface area (Å²) in [5, 5.41) is 0. The van der Waals surface area contributed by atoms with Crippen LogP contribution in [-0.4, -0.2) is 42.7 Å². The van der Waals surface area contributed by atoms with Crippen LogP contribution in [0.3, 0.4) is 0 Å². The number of halogens is 1. The van der Waals surface area contributed by atoms with Crippen molar-refractivity contribution in [2.24, 2.45) is 22.6 Å². The maximum Gasteiger partial charge on any atom is 0.283 e. The van der Waals surface area contributed by atoms with Crippen molar-refractivity contribution in [2.75, 3.05) is 19.8 Å². The molecule has 1 saturated carbocycles. The highest BCUT2D eigenvalue weighted by atomic mass is 19.1. The molecule has 1 saturated heterocycles. The second kappa shape index (κ2) is 8.16. The number of rotatable bonds is 7. The van der Waals surface area contributed by atoms with E-state index in [-0.39, 0.29) is 30.2 Å². The average Bonchev–Trinajstić information content (AvgIpc) is 3.49. The van der Waals surface area contributed by atoms with Crippen molar-refractivity contribution in [1.29, 1.82) is 0 Å². The largest absolute Gasteiger partial charge is 0.492 e. The topological polar surface area (TPSA) is 96.0 Å². The van der Waals surface area contributed by atoms with Gasteiger partial charge in [-0.2, -0.15) is 0 Å². The first-order valence-electron chi connectivity index (χ1n) is 10.9. The summed E-state index contributed by atoms with van der Waals surface area (Å²) in [6, 6.07) is 8.13. The maximum atomic E-state index is 14.9. The molecule has 3 aliphatic rings. The number of hydrogen-bond donors (Lipinski definition) is 1. The van der Waals surface area contributed by atoms with Crippen LogP contribution in [0, 0.1) is 17.7 Å². The van der Waals surface area contributed by atoms with E-state index in [1.54, 1.807) is 30.5 Å². The Morgan fingerprint density at radius 1 is 1.28 bits per heavy atom. The van der Waals surface area contributed by atoms with Crippen molar-refractivity contribution >= 4 is 11.8 Å². The quantitative estimate of drug-likeness (QED) is 0.667. The van der Waals surface area contributed by atoms with Gasteiger partial charge in [0.1, 0.15) is 23.4 Å². The first-order chi connectivity index (χ1) is 15.4. The van der Waals surface area contributed by atoms with E-state index in [0.717, 1.165) is 0 Å². The van der Waals surface area contributed by atoms with Gasteiger partial charge in [-0.25, -0.2) is 14.4 Å². The number of aromatic nitrogens is 1. The summed E-state index contributed by atoms with van der Waals surface area (Å²) >= 11 is 0. The number of benzene rings is 1. The average molecular weight is 439 g/mol. The van der Waals surface area contributed by atoms with Crippen molar-refractivity contribution in [3.8, 4) is 5.75 Å². The molecule has 2 N–H and O–H groups in total. The van der Waals surface area contributed by atoms with Crippen molar-refractivity contribution in [3.63, 3.8) is 0 Å². The Kier molecular flexibility index (Phi) is 5.33. The third kappa shape index (κ3) is 4.07. The second-order valence-electron chi connectivity index (χ2n) is 8.95. The van der Waals surface area contributed by atoms with Gasteiger partial charge in [0.05, 0.1) is 37.5 Å². The van der Waals surface area contributed by atoms with E-state index < -0.39 is 11.4 Å². The molecule has 2 fully saturated rings. The Bertz CT molecular complexity index is 1050. The van der Waals surface area contributed by atoms with Crippen LogP contribution in [0.15, 0.2) is 41.5 Å². The zero-order valence-corrected chi connectivity index (χ0v) is 17.9. The Hall–Kier alpha value is -3.00. The van der Waals surface area contributed by atoms with Crippen LogP contribution in [0.2, 0.25) is 0 Å². The third-order valence-corrected chi connectivity index (χ3v) is 6.51. The molecule has 2 aliphatic heterocycles. The summed E-state index contributed by atoms with van der Waals surface area (Å²) in [4.78, 5) is 21.5. The number of amidine groups is 1. The minimum atomic E-state index is -0.939. The summed E-state index contributed by atoms with van der Waals surface area (Å²) in [6.45, 7) is 3.32. The third-order valence-electron chi connectivity index (χ3n) is 6.51. The zero-order valence-electron chi connectivity index (χ0n) is 17.9.